The molecule has 0 heterocycles. The molecule has 0 N–H and O–H groups in total. The minimum atomic E-state index is -3.37. The molecule has 0 unspecified atom stereocenters. The monoisotopic (exact) mass is 208 g/mol. The van der Waals surface area contributed by atoms with Crippen LogP contribution in [0.2, 0.25) is 0 Å². The molecular formula is C8H13FO3S. The van der Waals surface area contributed by atoms with Crippen LogP contribution in [-0.2, 0) is 14.3 Å². The molecule has 5 heteroatoms. The second-order valence-electron chi connectivity index (χ2n) is 4.08. The number of hydrogen-bond donors (Lipinski definition) is 0. The van der Waals surface area contributed by atoms with Crippen LogP contribution in [0.5, 0.6) is 0 Å². The standard InChI is InChI=1S/C8H13FO3S/c1-13(10,11)12-8-4-5-2-6(8)3-7(5)9/h5-8H,2-4H2,1H3/t5-,6-,7+,8+/m1/s1. The van der Waals surface area contributed by atoms with Crippen molar-refractivity contribution in [2.24, 2.45) is 11.8 Å². The van der Waals surface area contributed by atoms with Crippen molar-refractivity contribution in [3.63, 3.8) is 0 Å². The third-order valence-electron chi connectivity index (χ3n) is 3.00. The number of rotatable bonds is 2. The lowest BCUT2D eigenvalue weighted by atomic mass is 9.96. The minimum Gasteiger partial charge on any atom is -0.267 e. The first kappa shape index (κ1) is 9.40. The largest absolute Gasteiger partial charge is 0.267 e. The van der Waals surface area contributed by atoms with Crippen LogP contribution in [0.1, 0.15) is 19.3 Å². The van der Waals surface area contributed by atoms with Crippen LogP contribution < -0.4 is 0 Å². The molecule has 2 aliphatic carbocycles. The predicted molar refractivity (Wildman–Crippen MR) is 45.4 cm³/mol. The van der Waals surface area contributed by atoms with Gasteiger partial charge in [0, 0.05) is 0 Å². The molecule has 4 atom stereocenters. The minimum absolute atomic E-state index is 0.0387. The van der Waals surface area contributed by atoms with Gasteiger partial charge in [0.2, 0.25) is 0 Å². The molecule has 3 nitrogen and oxygen atoms in total. The first-order valence-corrected chi connectivity index (χ1v) is 6.29. The highest BCUT2D eigenvalue weighted by Gasteiger charge is 2.47. The van der Waals surface area contributed by atoms with Crippen molar-refractivity contribution in [1.29, 1.82) is 0 Å². The van der Waals surface area contributed by atoms with E-state index in [0.29, 0.717) is 12.8 Å². The van der Waals surface area contributed by atoms with E-state index < -0.39 is 16.3 Å². The highest BCUT2D eigenvalue weighted by Crippen LogP contribution is 2.47. The van der Waals surface area contributed by atoms with Crippen molar-refractivity contribution in [2.75, 3.05) is 6.26 Å². The summed E-state index contributed by atoms with van der Waals surface area (Å²) in [5.74, 6) is 0.159. The van der Waals surface area contributed by atoms with Crippen LogP contribution in [-0.4, -0.2) is 26.9 Å². The van der Waals surface area contributed by atoms with Gasteiger partial charge in [0.15, 0.2) is 0 Å². The number of alkyl halides is 1. The molecular weight excluding hydrogens is 195 g/mol. The molecule has 0 aliphatic heterocycles. The summed E-state index contributed by atoms with van der Waals surface area (Å²) in [5, 5.41) is 0. The summed E-state index contributed by atoms with van der Waals surface area (Å²) in [5.41, 5.74) is 0. The Hall–Kier alpha value is -0.160. The van der Waals surface area contributed by atoms with E-state index in [0.717, 1.165) is 12.7 Å². The predicted octanol–water partition coefficient (Wildman–Crippen LogP) is 1.10. The van der Waals surface area contributed by atoms with Crippen molar-refractivity contribution < 1.29 is 17.0 Å². The van der Waals surface area contributed by atoms with E-state index in [4.69, 9.17) is 4.18 Å². The average molecular weight is 208 g/mol. The van der Waals surface area contributed by atoms with Crippen molar-refractivity contribution in [2.45, 2.75) is 31.5 Å². The maximum atomic E-state index is 13.0. The Morgan fingerprint density at radius 2 is 1.92 bits per heavy atom. The molecule has 0 aromatic rings. The summed E-state index contributed by atoms with van der Waals surface area (Å²) in [6, 6.07) is 0. The van der Waals surface area contributed by atoms with Gasteiger partial charge < -0.3 is 0 Å². The molecule has 0 spiro atoms. The maximum Gasteiger partial charge on any atom is 0.264 e. The van der Waals surface area contributed by atoms with Gasteiger partial charge >= 0.3 is 0 Å². The van der Waals surface area contributed by atoms with E-state index >= 15 is 0 Å². The van der Waals surface area contributed by atoms with Gasteiger partial charge in [0.05, 0.1) is 12.4 Å². The van der Waals surface area contributed by atoms with Gasteiger partial charge in [0.25, 0.3) is 10.1 Å². The molecule has 0 radical (unpaired) electrons. The van der Waals surface area contributed by atoms with Crippen LogP contribution in [0.3, 0.4) is 0 Å². The molecule has 2 saturated carbocycles. The van der Waals surface area contributed by atoms with E-state index in [-0.39, 0.29) is 17.9 Å². The van der Waals surface area contributed by atoms with E-state index in [1.807, 2.05) is 0 Å². The Balaban J connectivity index is 2.00. The molecule has 2 bridgehead atoms. The summed E-state index contributed by atoms with van der Waals surface area (Å²) >= 11 is 0. The van der Waals surface area contributed by atoms with Crippen molar-refractivity contribution >= 4 is 10.1 Å². The van der Waals surface area contributed by atoms with Crippen LogP contribution in [0, 0.1) is 11.8 Å². The number of hydrogen-bond acceptors (Lipinski definition) is 3. The highest BCUT2D eigenvalue weighted by atomic mass is 32.2. The normalized spacial score (nSPS) is 44.2. The fourth-order valence-corrected chi connectivity index (χ4v) is 3.18. The van der Waals surface area contributed by atoms with Crippen molar-refractivity contribution in [3.8, 4) is 0 Å². The van der Waals surface area contributed by atoms with Gasteiger partial charge in [-0.05, 0) is 31.1 Å². The van der Waals surface area contributed by atoms with Gasteiger partial charge in [-0.1, -0.05) is 0 Å². The summed E-state index contributed by atoms with van der Waals surface area (Å²) in [7, 11) is -3.37. The fraction of sp³-hybridized carbons (Fsp3) is 1.00. The summed E-state index contributed by atoms with van der Waals surface area (Å²) in [6.07, 6.45) is 1.90. The Kier molecular flexibility index (Phi) is 2.11. The van der Waals surface area contributed by atoms with Gasteiger partial charge in [-0.25, -0.2) is 4.39 Å². The van der Waals surface area contributed by atoms with Crippen LogP contribution >= 0.6 is 0 Å². The third kappa shape index (κ3) is 1.86. The molecule has 76 valence electrons. The van der Waals surface area contributed by atoms with Gasteiger partial charge in [-0.15, -0.1) is 0 Å². The Labute approximate surface area is 77.4 Å². The van der Waals surface area contributed by atoms with Gasteiger partial charge in [-0.2, -0.15) is 8.42 Å². The summed E-state index contributed by atoms with van der Waals surface area (Å²) in [6.45, 7) is 0. The van der Waals surface area contributed by atoms with Gasteiger partial charge in [-0.3, -0.25) is 4.18 Å². The lowest BCUT2D eigenvalue weighted by Crippen LogP contribution is -2.27. The second kappa shape index (κ2) is 2.92. The Morgan fingerprint density at radius 1 is 1.23 bits per heavy atom. The smallest absolute Gasteiger partial charge is 0.264 e. The van der Waals surface area contributed by atoms with Gasteiger partial charge in [0.1, 0.15) is 6.17 Å². The maximum absolute atomic E-state index is 13.0. The van der Waals surface area contributed by atoms with E-state index in [2.05, 4.69) is 0 Å². The van der Waals surface area contributed by atoms with Crippen molar-refractivity contribution in [1.82, 2.24) is 0 Å². The van der Waals surface area contributed by atoms with Crippen LogP contribution in [0.15, 0.2) is 0 Å². The first-order chi connectivity index (χ1) is 5.96. The molecule has 0 aromatic heterocycles. The molecule has 2 aliphatic rings. The van der Waals surface area contributed by atoms with Crippen LogP contribution in [0.25, 0.3) is 0 Å². The molecule has 13 heavy (non-hydrogen) atoms. The Morgan fingerprint density at radius 3 is 2.31 bits per heavy atom. The van der Waals surface area contributed by atoms with Crippen LogP contribution in [0.4, 0.5) is 4.39 Å². The topological polar surface area (TPSA) is 43.4 Å². The molecule has 0 aromatic carbocycles. The first-order valence-electron chi connectivity index (χ1n) is 4.48. The quantitative estimate of drug-likeness (QED) is 0.638. The second-order valence-corrected chi connectivity index (χ2v) is 5.68. The van der Waals surface area contributed by atoms with Crippen molar-refractivity contribution in [3.05, 3.63) is 0 Å². The Bertz CT molecular complexity index is 299. The number of fused-ring (bicyclic) bond motifs is 2. The van der Waals surface area contributed by atoms with E-state index in [9.17, 15) is 12.8 Å². The fourth-order valence-electron chi connectivity index (χ4n) is 2.50. The molecule has 2 fully saturated rings. The zero-order valence-electron chi connectivity index (χ0n) is 7.44. The summed E-state index contributed by atoms with van der Waals surface area (Å²) in [4.78, 5) is 0. The molecule has 0 amide bonds. The molecule has 0 saturated heterocycles. The SMILES string of the molecule is CS(=O)(=O)O[C@H]1C[C@H]2C[C@@H]1C[C@@H]2F. The zero-order valence-corrected chi connectivity index (χ0v) is 8.26. The van der Waals surface area contributed by atoms with E-state index in [1.165, 1.54) is 0 Å². The average Bonchev–Trinajstić information content (AvgIpc) is 2.42. The third-order valence-corrected chi connectivity index (χ3v) is 3.60. The number of halogens is 1. The lowest BCUT2D eigenvalue weighted by Gasteiger charge is -2.22. The lowest BCUT2D eigenvalue weighted by molar-refractivity contribution is 0.108. The summed E-state index contributed by atoms with van der Waals surface area (Å²) < 4.78 is 39.6. The van der Waals surface area contributed by atoms with E-state index in [1.54, 1.807) is 0 Å². The molecule has 2 rings (SSSR count). The highest BCUT2D eigenvalue weighted by molar-refractivity contribution is 7.86. The zero-order chi connectivity index (χ0) is 9.64.